The Morgan fingerprint density at radius 2 is 1.97 bits per heavy atom. The van der Waals surface area contributed by atoms with E-state index in [1.165, 1.54) is 24.5 Å². The van der Waals surface area contributed by atoms with Crippen molar-refractivity contribution in [2.45, 2.75) is 19.9 Å². The van der Waals surface area contributed by atoms with E-state index in [-0.39, 0.29) is 12.2 Å². The number of aromatic nitrogens is 1. The smallest absolute Gasteiger partial charge is 0.338 e. The lowest BCUT2D eigenvalue weighted by atomic mass is 9.95. The first-order valence-electron chi connectivity index (χ1n) is 10.5. The van der Waals surface area contributed by atoms with E-state index >= 15 is 0 Å². The standard InChI is InChI=1S/C25H24N2O5S2/c1-6-10-32-24(29)21-15(3)26-25-27(22(21)16-7-8-17(30-4)18(12-16)31-5)23(28)20(34-25)13-19-14(2)9-11-33-19/h6-9,11-13,22H,1,10H2,2-5H3/b20-13-/t22-/m0/s1. The molecular formula is C25H24N2O5S2. The third kappa shape index (κ3) is 4.24. The highest BCUT2D eigenvalue weighted by atomic mass is 32.1. The fourth-order valence-electron chi connectivity index (χ4n) is 3.78. The van der Waals surface area contributed by atoms with Crippen molar-refractivity contribution in [3.8, 4) is 11.5 Å². The molecule has 3 heterocycles. The summed E-state index contributed by atoms with van der Waals surface area (Å²) in [6.45, 7) is 7.41. The van der Waals surface area contributed by atoms with Crippen molar-refractivity contribution in [3.63, 3.8) is 0 Å². The van der Waals surface area contributed by atoms with Gasteiger partial charge >= 0.3 is 5.97 Å². The Balaban J connectivity index is 1.97. The number of thiophene rings is 1. The van der Waals surface area contributed by atoms with Gasteiger partial charge in [-0.25, -0.2) is 9.79 Å². The van der Waals surface area contributed by atoms with Gasteiger partial charge in [0.1, 0.15) is 6.61 Å². The van der Waals surface area contributed by atoms with Crippen molar-refractivity contribution >= 4 is 34.7 Å². The summed E-state index contributed by atoms with van der Waals surface area (Å²) in [6.07, 6.45) is 3.38. The van der Waals surface area contributed by atoms with E-state index in [0.717, 1.165) is 10.4 Å². The summed E-state index contributed by atoms with van der Waals surface area (Å²) >= 11 is 2.87. The summed E-state index contributed by atoms with van der Waals surface area (Å²) in [5.74, 6) is 0.484. The third-order valence-electron chi connectivity index (χ3n) is 5.46. The van der Waals surface area contributed by atoms with Crippen molar-refractivity contribution in [2.24, 2.45) is 4.99 Å². The van der Waals surface area contributed by atoms with Crippen molar-refractivity contribution in [2.75, 3.05) is 20.8 Å². The van der Waals surface area contributed by atoms with Gasteiger partial charge in [-0.15, -0.1) is 11.3 Å². The van der Waals surface area contributed by atoms with Crippen LogP contribution in [-0.4, -0.2) is 31.4 Å². The fourth-order valence-corrected chi connectivity index (χ4v) is 5.75. The van der Waals surface area contributed by atoms with Crippen LogP contribution >= 0.6 is 22.7 Å². The zero-order chi connectivity index (χ0) is 24.4. The van der Waals surface area contributed by atoms with Gasteiger partial charge in [0.05, 0.1) is 36.1 Å². The van der Waals surface area contributed by atoms with Crippen LogP contribution in [0.5, 0.6) is 11.5 Å². The predicted molar refractivity (Wildman–Crippen MR) is 134 cm³/mol. The van der Waals surface area contributed by atoms with Crippen LogP contribution in [0.3, 0.4) is 0 Å². The molecule has 176 valence electrons. The lowest BCUT2D eigenvalue weighted by molar-refractivity contribution is -0.138. The van der Waals surface area contributed by atoms with Gasteiger partial charge in [0, 0.05) is 4.88 Å². The topological polar surface area (TPSA) is 79.1 Å². The highest BCUT2D eigenvalue weighted by Crippen LogP contribution is 2.36. The number of hydrogen-bond acceptors (Lipinski definition) is 8. The molecule has 1 aliphatic heterocycles. The lowest BCUT2D eigenvalue weighted by Gasteiger charge is -2.25. The normalized spacial score (nSPS) is 15.5. The minimum Gasteiger partial charge on any atom is -0.493 e. The summed E-state index contributed by atoms with van der Waals surface area (Å²) in [6, 6.07) is 6.61. The van der Waals surface area contributed by atoms with E-state index in [0.29, 0.717) is 37.7 Å². The molecule has 0 saturated heterocycles. The van der Waals surface area contributed by atoms with Crippen LogP contribution in [0.15, 0.2) is 63.4 Å². The maximum Gasteiger partial charge on any atom is 0.338 e. The monoisotopic (exact) mass is 496 g/mol. The maximum absolute atomic E-state index is 13.6. The number of rotatable bonds is 7. The number of fused-ring (bicyclic) bond motifs is 1. The highest BCUT2D eigenvalue weighted by molar-refractivity contribution is 7.11. The molecule has 1 aromatic carbocycles. The maximum atomic E-state index is 13.6. The van der Waals surface area contributed by atoms with Crippen LogP contribution in [0.25, 0.3) is 6.08 Å². The van der Waals surface area contributed by atoms with Crippen LogP contribution in [0, 0.1) is 6.92 Å². The number of nitrogens with zero attached hydrogens (tertiary/aromatic N) is 2. The molecule has 0 N–H and O–H groups in total. The molecule has 3 aromatic rings. The minimum absolute atomic E-state index is 0.0519. The van der Waals surface area contributed by atoms with Gasteiger partial charge in [0.25, 0.3) is 5.56 Å². The summed E-state index contributed by atoms with van der Waals surface area (Å²) in [7, 11) is 3.09. The molecule has 0 amide bonds. The Kier molecular flexibility index (Phi) is 6.85. The second-order valence-electron chi connectivity index (χ2n) is 7.55. The molecule has 0 spiro atoms. The predicted octanol–water partition coefficient (Wildman–Crippen LogP) is 3.35. The molecule has 0 fully saturated rings. The van der Waals surface area contributed by atoms with E-state index in [4.69, 9.17) is 14.2 Å². The Morgan fingerprint density at radius 3 is 2.62 bits per heavy atom. The van der Waals surface area contributed by atoms with Crippen molar-refractivity contribution in [1.29, 1.82) is 0 Å². The summed E-state index contributed by atoms with van der Waals surface area (Å²) in [5.41, 5.74) is 2.33. The first-order chi connectivity index (χ1) is 16.4. The zero-order valence-electron chi connectivity index (χ0n) is 19.3. The van der Waals surface area contributed by atoms with Gasteiger partial charge in [-0.05, 0) is 54.6 Å². The third-order valence-corrected chi connectivity index (χ3v) is 7.41. The SMILES string of the molecule is C=CCOC(=O)C1=C(C)N=c2s/c(=C\c3sccc3C)c(=O)n2[C@H]1c1ccc(OC)c(OC)c1. The first-order valence-corrected chi connectivity index (χ1v) is 12.2. The molecule has 2 aromatic heterocycles. The van der Waals surface area contributed by atoms with E-state index in [2.05, 4.69) is 11.6 Å². The lowest BCUT2D eigenvalue weighted by Crippen LogP contribution is -2.40. The molecule has 34 heavy (non-hydrogen) atoms. The number of carbonyl (C=O) groups excluding carboxylic acids is 1. The second kappa shape index (κ2) is 9.82. The van der Waals surface area contributed by atoms with E-state index in [9.17, 15) is 9.59 Å². The Morgan fingerprint density at radius 1 is 1.21 bits per heavy atom. The number of benzene rings is 1. The quantitative estimate of drug-likeness (QED) is 0.370. The van der Waals surface area contributed by atoms with Crippen molar-refractivity contribution in [1.82, 2.24) is 4.57 Å². The van der Waals surface area contributed by atoms with Gasteiger partial charge in [0.15, 0.2) is 16.3 Å². The van der Waals surface area contributed by atoms with Crippen LogP contribution < -0.4 is 24.4 Å². The molecule has 0 unspecified atom stereocenters. The average Bonchev–Trinajstić information content (AvgIpc) is 3.38. The molecule has 1 atom stereocenters. The van der Waals surface area contributed by atoms with Crippen LogP contribution in [-0.2, 0) is 9.53 Å². The Bertz CT molecular complexity index is 1480. The van der Waals surface area contributed by atoms with E-state index in [1.54, 1.807) is 42.1 Å². The molecule has 7 nitrogen and oxygen atoms in total. The van der Waals surface area contributed by atoms with Gasteiger partial charge in [-0.2, -0.15) is 0 Å². The first kappa shape index (κ1) is 23.7. The molecule has 0 bridgehead atoms. The summed E-state index contributed by atoms with van der Waals surface area (Å²) in [5, 5.41) is 1.99. The fraction of sp³-hybridized carbons (Fsp3) is 0.240. The van der Waals surface area contributed by atoms with Crippen molar-refractivity contribution < 1.29 is 19.0 Å². The van der Waals surface area contributed by atoms with Crippen LogP contribution in [0.1, 0.15) is 29.0 Å². The molecule has 1 aliphatic rings. The summed E-state index contributed by atoms with van der Waals surface area (Å²) in [4.78, 5) is 32.9. The molecule has 4 rings (SSSR count). The van der Waals surface area contributed by atoms with Gasteiger partial charge in [-0.3, -0.25) is 9.36 Å². The van der Waals surface area contributed by atoms with E-state index in [1.807, 2.05) is 30.5 Å². The van der Waals surface area contributed by atoms with Gasteiger partial charge < -0.3 is 14.2 Å². The highest BCUT2D eigenvalue weighted by Gasteiger charge is 2.34. The van der Waals surface area contributed by atoms with Gasteiger partial charge in [-0.1, -0.05) is 30.1 Å². The number of methoxy groups -OCH3 is 2. The number of thiazole rings is 1. The average molecular weight is 497 g/mol. The minimum atomic E-state index is -0.736. The molecular weight excluding hydrogens is 472 g/mol. The second-order valence-corrected chi connectivity index (χ2v) is 9.51. The Labute approximate surface area is 204 Å². The largest absolute Gasteiger partial charge is 0.493 e. The number of hydrogen-bond donors (Lipinski definition) is 0. The summed E-state index contributed by atoms with van der Waals surface area (Å²) < 4.78 is 18.3. The van der Waals surface area contributed by atoms with Crippen molar-refractivity contribution in [3.05, 3.63) is 89.3 Å². The number of carbonyl (C=O) groups is 1. The molecule has 9 heteroatoms. The zero-order valence-corrected chi connectivity index (χ0v) is 20.9. The molecule has 0 aliphatic carbocycles. The molecule has 0 saturated carbocycles. The van der Waals surface area contributed by atoms with E-state index < -0.39 is 12.0 Å². The van der Waals surface area contributed by atoms with Crippen LogP contribution in [0.2, 0.25) is 0 Å². The number of ether oxygens (including phenoxy) is 3. The Hall–Kier alpha value is -3.43. The molecule has 0 radical (unpaired) electrons. The van der Waals surface area contributed by atoms with Crippen LogP contribution in [0.4, 0.5) is 0 Å². The number of allylic oxidation sites excluding steroid dienone is 1. The van der Waals surface area contributed by atoms with Gasteiger partial charge in [0.2, 0.25) is 0 Å². The number of esters is 1. The number of aryl methyl sites for hydroxylation is 1.